The SMILES string of the molecule is CCOc1ccc(C(=O)N(Cc2ccco2)c2nc3c(Cl)cccc3s2)cc1. The van der Waals surface area contributed by atoms with Crippen molar-refractivity contribution in [3.05, 3.63) is 77.2 Å². The third kappa shape index (κ3) is 3.74. The van der Waals surface area contributed by atoms with Crippen LogP contribution in [-0.2, 0) is 6.54 Å². The Bertz CT molecular complexity index is 1090. The number of thiazole rings is 1. The van der Waals surface area contributed by atoms with Gasteiger partial charge in [-0.1, -0.05) is 29.0 Å². The van der Waals surface area contributed by atoms with Gasteiger partial charge in [0, 0.05) is 5.56 Å². The van der Waals surface area contributed by atoms with Crippen molar-refractivity contribution in [1.29, 1.82) is 0 Å². The number of hydrogen-bond acceptors (Lipinski definition) is 5. The molecule has 0 aliphatic heterocycles. The van der Waals surface area contributed by atoms with Crippen LogP contribution in [0.3, 0.4) is 0 Å². The van der Waals surface area contributed by atoms with E-state index in [0.717, 1.165) is 10.4 Å². The molecule has 0 unspecified atom stereocenters. The van der Waals surface area contributed by atoms with E-state index < -0.39 is 0 Å². The Morgan fingerprint density at radius 1 is 1.18 bits per heavy atom. The Morgan fingerprint density at radius 3 is 2.68 bits per heavy atom. The molecule has 28 heavy (non-hydrogen) atoms. The highest BCUT2D eigenvalue weighted by Crippen LogP contribution is 2.34. The molecule has 2 heterocycles. The number of ether oxygens (including phenoxy) is 1. The maximum atomic E-state index is 13.3. The topological polar surface area (TPSA) is 55.6 Å². The molecule has 4 rings (SSSR count). The number of para-hydroxylation sites is 1. The van der Waals surface area contributed by atoms with Crippen molar-refractivity contribution in [1.82, 2.24) is 4.98 Å². The van der Waals surface area contributed by atoms with Crippen LogP contribution in [0, 0.1) is 0 Å². The van der Waals surface area contributed by atoms with Crippen LogP contribution in [0.25, 0.3) is 10.2 Å². The van der Waals surface area contributed by atoms with E-state index in [1.165, 1.54) is 11.3 Å². The molecule has 142 valence electrons. The molecular formula is C21H17ClN2O3S. The second-order valence-electron chi connectivity index (χ2n) is 6.01. The Balaban J connectivity index is 1.71. The average Bonchev–Trinajstić information content (AvgIpc) is 3.37. The molecule has 0 spiro atoms. The van der Waals surface area contributed by atoms with E-state index in [1.807, 2.05) is 25.1 Å². The number of aromatic nitrogens is 1. The van der Waals surface area contributed by atoms with E-state index in [1.54, 1.807) is 47.6 Å². The highest BCUT2D eigenvalue weighted by atomic mass is 35.5. The van der Waals surface area contributed by atoms with Crippen LogP contribution >= 0.6 is 22.9 Å². The fraction of sp³-hybridized carbons (Fsp3) is 0.143. The number of halogens is 1. The molecule has 0 saturated carbocycles. The summed E-state index contributed by atoms with van der Waals surface area (Å²) in [6.45, 7) is 2.77. The number of anilines is 1. The summed E-state index contributed by atoms with van der Waals surface area (Å²) in [5.41, 5.74) is 1.23. The lowest BCUT2D eigenvalue weighted by Crippen LogP contribution is -2.30. The molecule has 5 nitrogen and oxygen atoms in total. The first-order valence-electron chi connectivity index (χ1n) is 8.78. The first-order valence-corrected chi connectivity index (χ1v) is 9.97. The molecule has 0 bridgehead atoms. The standard InChI is InChI=1S/C21H17ClN2O3S/c1-2-26-15-10-8-14(9-11-15)20(25)24(13-16-5-4-12-27-16)21-23-19-17(22)6-3-7-18(19)28-21/h3-12H,2,13H2,1H3. The number of fused-ring (bicyclic) bond motifs is 1. The molecule has 0 atom stereocenters. The molecule has 0 N–H and O–H groups in total. The third-order valence-corrected chi connectivity index (χ3v) is 5.49. The lowest BCUT2D eigenvalue weighted by Gasteiger charge is -2.19. The van der Waals surface area contributed by atoms with Crippen LogP contribution < -0.4 is 9.64 Å². The van der Waals surface area contributed by atoms with Gasteiger partial charge in [-0.15, -0.1) is 0 Å². The van der Waals surface area contributed by atoms with Crippen molar-refractivity contribution in [2.24, 2.45) is 0 Å². The minimum atomic E-state index is -0.172. The minimum absolute atomic E-state index is 0.172. The number of hydrogen-bond donors (Lipinski definition) is 0. The highest BCUT2D eigenvalue weighted by molar-refractivity contribution is 7.22. The number of nitrogens with zero attached hydrogens (tertiary/aromatic N) is 2. The second kappa shape index (κ2) is 8.04. The number of benzene rings is 2. The second-order valence-corrected chi connectivity index (χ2v) is 7.43. The molecule has 0 saturated heterocycles. The fourth-order valence-electron chi connectivity index (χ4n) is 2.82. The summed E-state index contributed by atoms with van der Waals surface area (Å²) in [4.78, 5) is 19.5. The summed E-state index contributed by atoms with van der Waals surface area (Å²) in [6, 6.07) is 16.3. The maximum Gasteiger partial charge on any atom is 0.260 e. The zero-order valence-electron chi connectivity index (χ0n) is 15.1. The number of furan rings is 1. The predicted molar refractivity (Wildman–Crippen MR) is 111 cm³/mol. The van der Waals surface area contributed by atoms with Gasteiger partial charge in [0.05, 0.1) is 29.1 Å². The van der Waals surface area contributed by atoms with E-state index in [9.17, 15) is 4.79 Å². The van der Waals surface area contributed by atoms with Crippen molar-refractivity contribution in [3.63, 3.8) is 0 Å². The van der Waals surface area contributed by atoms with Gasteiger partial charge in [-0.3, -0.25) is 9.69 Å². The normalized spacial score (nSPS) is 10.9. The molecule has 1 amide bonds. The monoisotopic (exact) mass is 412 g/mol. The van der Waals surface area contributed by atoms with Gasteiger partial charge in [-0.25, -0.2) is 4.98 Å². The maximum absolute atomic E-state index is 13.3. The van der Waals surface area contributed by atoms with Gasteiger partial charge in [-0.05, 0) is 55.5 Å². The molecule has 0 aliphatic carbocycles. The van der Waals surface area contributed by atoms with E-state index >= 15 is 0 Å². The molecule has 2 aromatic heterocycles. The molecular weight excluding hydrogens is 396 g/mol. The zero-order valence-corrected chi connectivity index (χ0v) is 16.7. The van der Waals surface area contributed by atoms with E-state index in [4.69, 9.17) is 20.8 Å². The molecule has 0 fully saturated rings. The van der Waals surface area contributed by atoms with Gasteiger partial charge in [0.15, 0.2) is 5.13 Å². The number of amides is 1. The summed E-state index contributed by atoms with van der Waals surface area (Å²) in [5, 5.41) is 1.13. The summed E-state index contributed by atoms with van der Waals surface area (Å²) < 4.78 is 11.8. The van der Waals surface area contributed by atoms with E-state index in [-0.39, 0.29) is 12.5 Å². The van der Waals surface area contributed by atoms with Gasteiger partial charge >= 0.3 is 0 Å². The minimum Gasteiger partial charge on any atom is -0.494 e. The van der Waals surface area contributed by atoms with Crippen LogP contribution in [0.5, 0.6) is 5.75 Å². The van der Waals surface area contributed by atoms with Crippen LogP contribution in [0.15, 0.2) is 65.3 Å². The quantitative estimate of drug-likeness (QED) is 0.402. The smallest absolute Gasteiger partial charge is 0.260 e. The average molecular weight is 413 g/mol. The van der Waals surface area contributed by atoms with Crippen molar-refractivity contribution in [2.45, 2.75) is 13.5 Å². The summed E-state index contributed by atoms with van der Waals surface area (Å²) in [5.74, 6) is 1.22. The Kier molecular flexibility index (Phi) is 5.32. The number of carbonyl (C=O) groups is 1. The van der Waals surface area contributed by atoms with Gasteiger partial charge in [0.25, 0.3) is 5.91 Å². The van der Waals surface area contributed by atoms with Crippen LogP contribution in [-0.4, -0.2) is 17.5 Å². The van der Waals surface area contributed by atoms with Gasteiger partial charge in [0.2, 0.25) is 0 Å². The lowest BCUT2D eigenvalue weighted by atomic mass is 10.2. The third-order valence-electron chi connectivity index (χ3n) is 4.14. The first-order chi connectivity index (χ1) is 13.7. The summed E-state index contributed by atoms with van der Waals surface area (Å²) >= 11 is 7.69. The zero-order chi connectivity index (χ0) is 19.5. The van der Waals surface area contributed by atoms with Crippen LogP contribution in [0.4, 0.5) is 5.13 Å². The van der Waals surface area contributed by atoms with Crippen molar-refractivity contribution < 1.29 is 13.9 Å². The van der Waals surface area contributed by atoms with Gasteiger partial charge in [-0.2, -0.15) is 0 Å². The summed E-state index contributed by atoms with van der Waals surface area (Å²) in [7, 11) is 0. The highest BCUT2D eigenvalue weighted by Gasteiger charge is 2.23. The van der Waals surface area contributed by atoms with Gasteiger partial charge < -0.3 is 9.15 Å². The molecule has 0 radical (unpaired) electrons. The Labute approximate surface area is 171 Å². The fourth-order valence-corrected chi connectivity index (χ4v) is 4.08. The molecule has 0 aliphatic rings. The predicted octanol–water partition coefficient (Wildman–Crippen LogP) is 5.79. The summed E-state index contributed by atoms with van der Waals surface area (Å²) in [6.07, 6.45) is 1.59. The number of rotatable bonds is 6. The Morgan fingerprint density at radius 2 is 2.00 bits per heavy atom. The van der Waals surface area contributed by atoms with Crippen molar-refractivity contribution >= 4 is 44.2 Å². The van der Waals surface area contributed by atoms with Crippen LogP contribution in [0.1, 0.15) is 23.0 Å². The first kappa shape index (κ1) is 18.5. The molecule has 2 aromatic carbocycles. The van der Waals surface area contributed by atoms with E-state index in [0.29, 0.717) is 33.6 Å². The molecule has 7 heteroatoms. The van der Waals surface area contributed by atoms with Crippen molar-refractivity contribution in [2.75, 3.05) is 11.5 Å². The van der Waals surface area contributed by atoms with Crippen molar-refractivity contribution in [3.8, 4) is 5.75 Å². The molecule has 4 aromatic rings. The van der Waals surface area contributed by atoms with E-state index in [2.05, 4.69) is 4.98 Å². The Hall–Kier alpha value is -2.83. The number of carbonyl (C=O) groups excluding carboxylic acids is 1. The largest absolute Gasteiger partial charge is 0.494 e. The van der Waals surface area contributed by atoms with Crippen LogP contribution in [0.2, 0.25) is 5.02 Å². The van der Waals surface area contributed by atoms with Gasteiger partial charge in [0.1, 0.15) is 17.0 Å². The lowest BCUT2D eigenvalue weighted by molar-refractivity contribution is 0.0983.